The van der Waals surface area contributed by atoms with E-state index in [1.807, 2.05) is 0 Å². The van der Waals surface area contributed by atoms with Crippen LogP contribution in [-0.2, 0) is 70.4 Å². The van der Waals surface area contributed by atoms with Gasteiger partial charge in [0.2, 0.25) is 65.0 Å². The summed E-state index contributed by atoms with van der Waals surface area (Å²) in [5.74, 6) is -10.3. The molecule has 35 nitrogen and oxygen atoms in total. The highest BCUT2D eigenvalue weighted by Crippen LogP contribution is 2.24. The number of hydrogen-bond acceptors (Lipinski definition) is 17. The van der Waals surface area contributed by atoms with Crippen LogP contribution in [0.25, 0.3) is 0 Å². The molecule has 4 rings (SSSR count). The first-order valence-electron chi connectivity index (χ1n) is 31.5. The first kappa shape index (κ1) is 77.5. The van der Waals surface area contributed by atoms with E-state index >= 15 is 4.79 Å². The monoisotopic (exact) mass is 1330 g/mol. The molecule has 0 radical (unpaired) electrons. The molecule has 2 saturated heterocycles. The Balaban J connectivity index is 1.67. The number of H-pyrrole nitrogens is 1. The number of Topliss-reactive ketones (excluding diaryl/α,β-unsaturated/α-hetero) is 1. The van der Waals surface area contributed by atoms with E-state index in [0.29, 0.717) is 12.8 Å². The smallest absolute Gasteiger partial charge is 0.246 e. The van der Waals surface area contributed by atoms with E-state index in [1.165, 1.54) is 39.0 Å². The van der Waals surface area contributed by atoms with Gasteiger partial charge in [0.05, 0.1) is 31.4 Å². The summed E-state index contributed by atoms with van der Waals surface area (Å²) in [5, 5.41) is 23.9. The summed E-state index contributed by atoms with van der Waals surface area (Å²) >= 11 is 0. The number of unbranched alkanes of at least 4 members (excludes halogenated alkanes) is 1. The number of amides is 11. The molecule has 2 aliphatic heterocycles. The van der Waals surface area contributed by atoms with E-state index in [1.54, 1.807) is 36.5 Å². The van der Waals surface area contributed by atoms with Crippen LogP contribution in [0.15, 0.2) is 57.8 Å². The summed E-state index contributed by atoms with van der Waals surface area (Å²) in [4.78, 5) is 190. The summed E-state index contributed by atoms with van der Waals surface area (Å²) in [6.45, 7) is 3.05. The highest BCUT2D eigenvalue weighted by Gasteiger charge is 2.44. The molecular weight excluding hydrogens is 1240 g/mol. The van der Waals surface area contributed by atoms with Crippen LogP contribution in [-0.4, -0.2) is 231 Å². The molecule has 95 heavy (non-hydrogen) atoms. The van der Waals surface area contributed by atoms with E-state index in [4.69, 9.17) is 45.9 Å². The van der Waals surface area contributed by atoms with Gasteiger partial charge in [-0.25, -0.2) is 4.98 Å². The number of rotatable bonds is 40. The number of nitrogens with two attached hydrogens (primary N) is 8. The van der Waals surface area contributed by atoms with E-state index in [2.05, 4.69) is 51.5 Å². The lowest BCUT2D eigenvalue weighted by Crippen LogP contribution is -2.60. The quantitative estimate of drug-likeness (QED) is 0.0128. The Labute approximate surface area is 550 Å². The van der Waals surface area contributed by atoms with Gasteiger partial charge in [-0.15, -0.1) is 0 Å². The van der Waals surface area contributed by atoms with Crippen LogP contribution in [0.1, 0.15) is 115 Å². The zero-order valence-electron chi connectivity index (χ0n) is 54.5. The number of nitrogens with zero attached hydrogens (tertiary/aromatic N) is 8. The van der Waals surface area contributed by atoms with Crippen LogP contribution in [0.5, 0.6) is 0 Å². The average Bonchev–Trinajstić information content (AvgIpc) is 1.79. The maximum absolute atomic E-state index is 15.2. The minimum absolute atomic E-state index is 0.000998. The van der Waals surface area contributed by atoms with Crippen molar-refractivity contribution < 1.29 is 62.6 Å². The molecule has 0 aliphatic carbocycles. The van der Waals surface area contributed by atoms with Crippen LogP contribution >= 0.6 is 0 Å². The van der Waals surface area contributed by atoms with Gasteiger partial charge in [-0.1, -0.05) is 30.3 Å². The molecular formula is C60H96N22O13. The minimum Gasteiger partial charge on any atom is -0.391 e. The number of hydrogen-bond donors (Lipinski definition) is 15. The SMILES string of the molecule is CC(=O)[C@@H]1C[C@@H](O)CN1C(=O)[C@H](CC(N)=O)N(C)C(=O)CN(CCc1ccccc1)C(=O)[C@H](CCCN=C(N)N)NC(=O)[C@H](CCCN=C(N)N)NC(=O)[C@H]1CCCN1C(=O)[C@@H](CCCCN=C(N)N)NC(=O)[C@@H](CCC(N)=O)NC(=O)C(C)(C)C(=O)NCCc1cnc[nH]1. The summed E-state index contributed by atoms with van der Waals surface area (Å²) in [6, 6.07) is -0.781. The van der Waals surface area contributed by atoms with E-state index < -0.39 is 138 Å². The van der Waals surface area contributed by atoms with E-state index in [0.717, 1.165) is 26.0 Å². The fourth-order valence-corrected chi connectivity index (χ4v) is 10.8. The third-order valence-electron chi connectivity index (χ3n) is 16.2. The van der Waals surface area contributed by atoms with Gasteiger partial charge in [0.15, 0.2) is 23.7 Å². The highest BCUT2D eigenvalue weighted by molar-refractivity contribution is 6.06. The van der Waals surface area contributed by atoms with Gasteiger partial charge < -0.3 is 102 Å². The number of likely N-dealkylation sites (N-methyl/N-ethyl adjacent to an activating group) is 1. The third-order valence-corrected chi connectivity index (χ3v) is 16.2. The van der Waals surface area contributed by atoms with Gasteiger partial charge in [-0.05, 0) is 97.0 Å². The van der Waals surface area contributed by atoms with Crippen molar-refractivity contribution in [2.24, 2.45) is 66.3 Å². The number of imidazole rings is 1. The van der Waals surface area contributed by atoms with Gasteiger partial charge >= 0.3 is 0 Å². The van der Waals surface area contributed by atoms with Crippen molar-refractivity contribution in [1.29, 1.82) is 0 Å². The summed E-state index contributed by atoms with van der Waals surface area (Å²) in [7, 11) is 1.23. The molecule has 0 bridgehead atoms. The number of ketones is 1. The van der Waals surface area contributed by atoms with Crippen molar-refractivity contribution >= 4 is 88.6 Å². The van der Waals surface area contributed by atoms with Crippen molar-refractivity contribution in [3.8, 4) is 0 Å². The number of aromatic amines is 1. The van der Waals surface area contributed by atoms with Crippen molar-refractivity contribution in [2.45, 2.75) is 165 Å². The third kappa shape index (κ3) is 25.5. The number of primary amides is 2. The molecule has 23 N–H and O–H groups in total. The second-order valence-electron chi connectivity index (χ2n) is 24.0. The van der Waals surface area contributed by atoms with Gasteiger partial charge in [0.1, 0.15) is 41.7 Å². The molecule has 1 aromatic heterocycles. The Morgan fingerprint density at radius 1 is 0.695 bits per heavy atom. The Bertz CT molecular complexity index is 3060. The Kier molecular flexibility index (Phi) is 31.2. The normalized spacial score (nSPS) is 16.7. The lowest BCUT2D eigenvalue weighted by molar-refractivity contribution is -0.150. The number of aliphatic hydroxyl groups excluding tert-OH is 1. The standard InChI is InChI=1S/C60H96N22O13/c1-35(83)44-29-38(84)32-82(44)54(93)45(30-47(62)86)79(4)48(87)33-80(28-22-36-13-6-5-7-14-36)52(91)41(17-11-25-73-59(67)68)76-49(88)39(16-10-24-72-58(65)66)75-51(90)43-18-12-27-81(43)53(92)42(15-8-9-23-71-57(63)64)77-50(89)40(19-20-46(61)85)78-56(95)60(2,3)55(94)70-26-21-37-31-69-34-74-37/h5-7,13-14,31,34,38-45,84H,8-12,15-30,32-33H2,1-4H3,(H2,61,85)(H2,62,86)(H,69,74)(H,70,94)(H,75,90)(H,76,88)(H,77,89)(H,78,95)(H4,63,64,71)(H4,65,66,72)(H4,67,68,73)/t38-,39+,40-,41+,42-,43-,44+,45+/m1/s1. The van der Waals surface area contributed by atoms with Crippen molar-refractivity contribution in [3.63, 3.8) is 0 Å². The van der Waals surface area contributed by atoms with Crippen molar-refractivity contribution in [1.82, 2.24) is 56.2 Å². The van der Waals surface area contributed by atoms with Crippen LogP contribution in [0, 0.1) is 5.41 Å². The lowest BCUT2D eigenvalue weighted by atomic mass is 9.90. The molecule has 0 saturated carbocycles. The van der Waals surface area contributed by atoms with Gasteiger partial charge in [0, 0.05) is 84.0 Å². The van der Waals surface area contributed by atoms with Crippen LogP contribution < -0.4 is 72.5 Å². The summed E-state index contributed by atoms with van der Waals surface area (Å²) in [6.07, 6.45) is 1.81. The maximum Gasteiger partial charge on any atom is 0.246 e. The number of nitrogens with one attached hydrogen (secondary N) is 6. The number of β-amino-alcohol motifs (C(OH)–C–C–N with tert-alkyl or cyclic N) is 1. The molecule has 11 amide bonds. The molecule has 0 unspecified atom stereocenters. The van der Waals surface area contributed by atoms with Crippen LogP contribution in [0.4, 0.5) is 0 Å². The number of guanidine groups is 3. The molecule has 8 atom stereocenters. The Hall–Kier alpha value is -9.96. The molecule has 524 valence electrons. The molecule has 2 aliphatic rings. The number of carbonyl (C=O) groups excluding carboxylic acids is 12. The molecule has 2 fully saturated rings. The first-order chi connectivity index (χ1) is 44.9. The first-order valence-corrected chi connectivity index (χ1v) is 31.5. The van der Waals surface area contributed by atoms with E-state index in [9.17, 15) is 57.8 Å². The van der Waals surface area contributed by atoms with Crippen molar-refractivity contribution in [3.05, 3.63) is 54.1 Å². The molecule has 3 heterocycles. The number of benzene rings is 1. The zero-order valence-corrected chi connectivity index (χ0v) is 54.5. The predicted molar refractivity (Wildman–Crippen MR) is 348 cm³/mol. The topological polar surface area (TPSA) is 572 Å². The molecule has 1 aromatic carbocycles. The fraction of sp³-hybridized carbons (Fsp3) is 0.600. The molecule has 35 heteroatoms. The van der Waals surface area contributed by atoms with Crippen molar-refractivity contribution in [2.75, 3.05) is 59.4 Å². The zero-order chi connectivity index (χ0) is 70.5. The largest absolute Gasteiger partial charge is 0.391 e. The highest BCUT2D eigenvalue weighted by atomic mass is 16.3. The van der Waals surface area contributed by atoms with E-state index in [-0.39, 0.29) is 141 Å². The number of aliphatic imine (C=N–C) groups is 3. The second kappa shape index (κ2) is 38.3. The minimum atomic E-state index is -1.75. The van der Waals surface area contributed by atoms with Gasteiger partial charge in [0.25, 0.3) is 0 Å². The number of carbonyl (C=O) groups is 12. The van der Waals surface area contributed by atoms with Crippen LogP contribution in [0.2, 0.25) is 0 Å². The number of aliphatic hydroxyl groups is 1. The molecule has 0 spiro atoms. The van der Waals surface area contributed by atoms with Crippen LogP contribution in [0.3, 0.4) is 0 Å². The number of likely N-dealkylation sites (tertiary alicyclic amines) is 2. The average molecular weight is 1330 g/mol. The summed E-state index contributed by atoms with van der Waals surface area (Å²) in [5.41, 5.74) is 44.4. The predicted octanol–water partition coefficient (Wildman–Crippen LogP) is -5.83. The summed E-state index contributed by atoms with van der Waals surface area (Å²) < 4.78 is 0. The lowest BCUT2D eigenvalue weighted by Gasteiger charge is -2.34. The Morgan fingerprint density at radius 3 is 1.86 bits per heavy atom. The number of aromatic nitrogens is 2. The second-order valence-corrected chi connectivity index (χ2v) is 24.0. The Morgan fingerprint density at radius 2 is 1.28 bits per heavy atom. The maximum atomic E-state index is 15.2. The fourth-order valence-electron chi connectivity index (χ4n) is 10.8. The molecule has 2 aromatic rings. The van der Waals surface area contributed by atoms with Gasteiger partial charge in [-0.2, -0.15) is 0 Å². The van der Waals surface area contributed by atoms with Gasteiger partial charge in [-0.3, -0.25) is 72.5 Å².